The number of amides is 1. The number of H-pyrrole nitrogens is 1. The van der Waals surface area contributed by atoms with Crippen LogP contribution in [0.2, 0.25) is 0 Å². The molecule has 126 valence electrons. The normalized spacial score (nSPS) is 11.0. The third kappa shape index (κ3) is 3.58. The molecule has 0 saturated carbocycles. The molecule has 0 radical (unpaired) electrons. The Morgan fingerprint density at radius 1 is 1.08 bits per heavy atom. The molecule has 0 saturated heterocycles. The van der Waals surface area contributed by atoms with E-state index >= 15 is 0 Å². The van der Waals surface area contributed by atoms with E-state index in [4.69, 9.17) is 0 Å². The Balaban J connectivity index is 1.78. The van der Waals surface area contributed by atoms with Crippen LogP contribution in [0.5, 0.6) is 0 Å². The zero-order valence-electron chi connectivity index (χ0n) is 14.0. The Morgan fingerprint density at radius 2 is 1.76 bits per heavy atom. The lowest BCUT2D eigenvalue weighted by atomic mass is 10.1. The van der Waals surface area contributed by atoms with Crippen LogP contribution >= 0.6 is 0 Å². The monoisotopic (exact) mass is 334 g/mol. The predicted molar refractivity (Wildman–Crippen MR) is 97.4 cm³/mol. The molecule has 1 amide bonds. The maximum Gasteiger partial charge on any atom is 0.280 e. The van der Waals surface area contributed by atoms with Gasteiger partial charge in [0.05, 0.1) is 17.5 Å². The summed E-state index contributed by atoms with van der Waals surface area (Å²) in [4.78, 5) is 24.5. The summed E-state index contributed by atoms with van der Waals surface area (Å²) in [7, 11) is 0. The number of aryl methyl sites for hydroxylation is 2. The molecule has 0 bridgehead atoms. The fourth-order valence-electron chi connectivity index (χ4n) is 2.40. The minimum Gasteiger partial charge on any atom is -0.295 e. The molecule has 0 atom stereocenters. The lowest BCUT2D eigenvalue weighted by Crippen LogP contribution is -2.20. The maximum atomic E-state index is 12.5. The first-order chi connectivity index (χ1) is 12.1. The molecule has 1 heterocycles. The SMILES string of the molecule is Cc1ccc(C(=O)N/N=C\c2c(C)[nH]n(-c3ccccc3)c2=O)cc1. The lowest BCUT2D eigenvalue weighted by Gasteiger charge is -2.00. The van der Waals surface area contributed by atoms with E-state index in [1.54, 1.807) is 19.1 Å². The summed E-state index contributed by atoms with van der Waals surface area (Å²) < 4.78 is 1.44. The van der Waals surface area contributed by atoms with Crippen molar-refractivity contribution >= 4 is 12.1 Å². The van der Waals surface area contributed by atoms with Crippen LogP contribution in [0.25, 0.3) is 5.69 Å². The first kappa shape index (κ1) is 16.4. The van der Waals surface area contributed by atoms with Crippen LogP contribution in [0.4, 0.5) is 0 Å². The fourth-order valence-corrected chi connectivity index (χ4v) is 2.40. The smallest absolute Gasteiger partial charge is 0.280 e. The number of hydrogen-bond acceptors (Lipinski definition) is 3. The molecule has 0 aliphatic carbocycles. The van der Waals surface area contributed by atoms with E-state index in [1.807, 2.05) is 49.4 Å². The van der Waals surface area contributed by atoms with Crippen LogP contribution < -0.4 is 11.0 Å². The molecule has 0 unspecified atom stereocenters. The second-order valence-electron chi connectivity index (χ2n) is 5.69. The summed E-state index contributed by atoms with van der Waals surface area (Å²) >= 11 is 0. The number of rotatable bonds is 4. The van der Waals surface area contributed by atoms with Crippen molar-refractivity contribution in [3.63, 3.8) is 0 Å². The molecule has 1 aromatic heterocycles. The van der Waals surface area contributed by atoms with E-state index in [0.717, 1.165) is 11.3 Å². The average molecular weight is 334 g/mol. The Bertz CT molecular complexity index is 967. The van der Waals surface area contributed by atoms with Crippen LogP contribution in [-0.2, 0) is 0 Å². The van der Waals surface area contributed by atoms with Crippen LogP contribution in [0.15, 0.2) is 64.5 Å². The number of carbonyl (C=O) groups excluding carboxylic acids is 1. The third-order valence-corrected chi connectivity index (χ3v) is 3.80. The summed E-state index contributed by atoms with van der Waals surface area (Å²) in [5, 5.41) is 6.92. The Morgan fingerprint density at radius 3 is 2.44 bits per heavy atom. The van der Waals surface area contributed by atoms with E-state index in [1.165, 1.54) is 10.9 Å². The van der Waals surface area contributed by atoms with Crippen molar-refractivity contribution in [2.75, 3.05) is 0 Å². The molecule has 2 aromatic carbocycles. The Hall–Kier alpha value is -3.41. The maximum absolute atomic E-state index is 12.5. The van der Waals surface area contributed by atoms with E-state index < -0.39 is 0 Å². The highest BCUT2D eigenvalue weighted by atomic mass is 16.2. The van der Waals surface area contributed by atoms with Crippen molar-refractivity contribution in [2.24, 2.45) is 5.10 Å². The van der Waals surface area contributed by atoms with Crippen molar-refractivity contribution in [3.8, 4) is 5.69 Å². The van der Waals surface area contributed by atoms with Gasteiger partial charge < -0.3 is 0 Å². The van der Waals surface area contributed by atoms with Gasteiger partial charge in [-0.15, -0.1) is 0 Å². The predicted octanol–water partition coefficient (Wildman–Crippen LogP) is 2.55. The summed E-state index contributed by atoms with van der Waals surface area (Å²) in [6.07, 6.45) is 1.36. The Labute approximate surface area is 144 Å². The molecule has 3 rings (SSSR count). The zero-order valence-corrected chi connectivity index (χ0v) is 14.0. The molecule has 0 spiro atoms. The number of hydrazone groups is 1. The highest BCUT2D eigenvalue weighted by Gasteiger charge is 2.10. The van der Waals surface area contributed by atoms with Crippen molar-refractivity contribution in [1.29, 1.82) is 0 Å². The van der Waals surface area contributed by atoms with Crippen molar-refractivity contribution in [1.82, 2.24) is 15.2 Å². The zero-order chi connectivity index (χ0) is 17.8. The second kappa shape index (κ2) is 7.00. The van der Waals surface area contributed by atoms with Crippen LogP contribution in [0, 0.1) is 13.8 Å². The minimum atomic E-state index is -0.326. The minimum absolute atomic E-state index is 0.225. The molecule has 6 nitrogen and oxygen atoms in total. The summed E-state index contributed by atoms with van der Waals surface area (Å²) in [6.45, 7) is 3.73. The van der Waals surface area contributed by atoms with Crippen LogP contribution in [0.3, 0.4) is 0 Å². The number of para-hydroxylation sites is 1. The van der Waals surface area contributed by atoms with Gasteiger partial charge in [0, 0.05) is 11.3 Å². The molecule has 25 heavy (non-hydrogen) atoms. The highest BCUT2D eigenvalue weighted by molar-refractivity contribution is 5.94. The molecule has 0 aliphatic heterocycles. The van der Waals surface area contributed by atoms with Gasteiger partial charge in [-0.05, 0) is 38.1 Å². The standard InChI is InChI=1S/C19H18N4O2/c1-13-8-10-15(11-9-13)18(24)21-20-12-17-14(2)22-23(19(17)25)16-6-4-3-5-7-16/h3-12,22H,1-2H3,(H,21,24)/b20-12-. The van der Waals surface area contributed by atoms with Gasteiger partial charge in [-0.1, -0.05) is 35.9 Å². The van der Waals surface area contributed by atoms with Gasteiger partial charge in [-0.25, -0.2) is 10.1 Å². The van der Waals surface area contributed by atoms with Crippen LogP contribution in [0.1, 0.15) is 27.2 Å². The molecular weight excluding hydrogens is 316 g/mol. The van der Waals surface area contributed by atoms with Crippen molar-refractivity contribution in [3.05, 3.63) is 87.3 Å². The number of benzene rings is 2. The third-order valence-electron chi connectivity index (χ3n) is 3.80. The molecular formula is C19H18N4O2. The lowest BCUT2D eigenvalue weighted by molar-refractivity contribution is 0.0955. The first-order valence-corrected chi connectivity index (χ1v) is 7.83. The fraction of sp³-hybridized carbons (Fsp3) is 0.105. The van der Waals surface area contributed by atoms with Gasteiger partial charge in [0.25, 0.3) is 11.5 Å². The van der Waals surface area contributed by atoms with Gasteiger partial charge in [-0.2, -0.15) is 5.10 Å². The van der Waals surface area contributed by atoms with Crippen molar-refractivity contribution in [2.45, 2.75) is 13.8 Å². The van der Waals surface area contributed by atoms with Gasteiger partial charge in [-0.3, -0.25) is 14.7 Å². The highest BCUT2D eigenvalue weighted by Crippen LogP contribution is 2.06. The molecule has 3 aromatic rings. The van der Waals surface area contributed by atoms with Gasteiger partial charge in [0.2, 0.25) is 0 Å². The van der Waals surface area contributed by atoms with E-state index in [-0.39, 0.29) is 11.5 Å². The molecule has 6 heteroatoms. The number of aromatic amines is 1. The van der Waals surface area contributed by atoms with Gasteiger partial charge in [0.1, 0.15) is 0 Å². The average Bonchev–Trinajstić information content (AvgIpc) is 2.91. The van der Waals surface area contributed by atoms with E-state index in [0.29, 0.717) is 16.8 Å². The number of nitrogens with zero attached hydrogens (tertiary/aromatic N) is 2. The summed E-state index contributed by atoms with van der Waals surface area (Å²) in [5.74, 6) is -0.326. The largest absolute Gasteiger partial charge is 0.295 e. The van der Waals surface area contributed by atoms with Gasteiger partial charge in [0.15, 0.2) is 0 Å². The van der Waals surface area contributed by atoms with Crippen LogP contribution in [-0.4, -0.2) is 21.9 Å². The topological polar surface area (TPSA) is 79.2 Å². The number of carbonyl (C=O) groups is 1. The van der Waals surface area contributed by atoms with Crippen molar-refractivity contribution < 1.29 is 4.79 Å². The summed E-state index contributed by atoms with van der Waals surface area (Å²) in [6, 6.07) is 16.4. The Kier molecular flexibility index (Phi) is 4.61. The molecule has 0 fully saturated rings. The first-order valence-electron chi connectivity index (χ1n) is 7.83. The number of nitrogens with one attached hydrogen (secondary N) is 2. The molecule has 2 N–H and O–H groups in total. The summed E-state index contributed by atoms with van der Waals surface area (Å²) in [5.41, 5.74) is 5.60. The number of hydrogen-bond donors (Lipinski definition) is 2. The van der Waals surface area contributed by atoms with E-state index in [9.17, 15) is 9.59 Å². The number of aromatic nitrogens is 2. The van der Waals surface area contributed by atoms with E-state index in [2.05, 4.69) is 15.6 Å². The quantitative estimate of drug-likeness (QED) is 0.568. The molecule has 0 aliphatic rings. The second-order valence-corrected chi connectivity index (χ2v) is 5.69. The van der Waals surface area contributed by atoms with Gasteiger partial charge >= 0.3 is 0 Å².